The van der Waals surface area contributed by atoms with Gasteiger partial charge in [0.15, 0.2) is 0 Å². The maximum Gasteiger partial charge on any atom is 0.147 e. The zero-order chi connectivity index (χ0) is 14.8. The van der Waals surface area contributed by atoms with E-state index in [1.807, 2.05) is 0 Å². The Labute approximate surface area is 122 Å². The minimum Gasteiger partial charge on any atom is -0.299 e. The molecule has 20 heavy (non-hydrogen) atoms. The lowest BCUT2D eigenvalue weighted by Gasteiger charge is -2.29. The van der Waals surface area contributed by atoms with E-state index >= 15 is 0 Å². The van der Waals surface area contributed by atoms with E-state index in [-0.39, 0.29) is 0 Å². The number of fused-ring (bicyclic) bond motifs is 1. The first-order chi connectivity index (χ1) is 9.35. The summed E-state index contributed by atoms with van der Waals surface area (Å²) in [4.78, 5) is 2.36. The summed E-state index contributed by atoms with van der Waals surface area (Å²) in [6.07, 6.45) is 3.12. The van der Waals surface area contributed by atoms with Gasteiger partial charge in [0.05, 0.1) is 5.75 Å². The molecule has 0 aromatic heterocycles. The van der Waals surface area contributed by atoms with E-state index in [2.05, 4.69) is 36.9 Å². The zero-order valence-corrected chi connectivity index (χ0v) is 13.5. The van der Waals surface area contributed by atoms with Crippen molar-refractivity contribution in [1.29, 1.82) is 0 Å². The molecule has 2 rings (SSSR count). The first kappa shape index (κ1) is 15.5. The fourth-order valence-electron chi connectivity index (χ4n) is 2.73. The molecular weight excluding hydrogens is 270 g/mol. The Balaban J connectivity index is 1.94. The van der Waals surface area contributed by atoms with Crippen molar-refractivity contribution in [2.24, 2.45) is 0 Å². The van der Waals surface area contributed by atoms with Gasteiger partial charge >= 0.3 is 0 Å². The second kappa shape index (κ2) is 6.27. The molecule has 0 fully saturated rings. The monoisotopic (exact) mass is 295 g/mol. The average molecular weight is 295 g/mol. The summed E-state index contributed by atoms with van der Waals surface area (Å²) in [6, 6.07) is 6.81. The molecule has 4 heteroatoms. The van der Waals surface area contributed by atoms with Crippen molar-refractivity contribution in [3.05, 3.63) is 34.9 Å². The van der Waals surface area contributed by atoms with Crippen molar-refractivity contribution in [3.8, 4) is 0 Å². The van der Waals surface area contributed by atoms with Crippen molar-refractivity contribution >= 4 is 9.84 Å². The second-order valence-electron chi connectivity index (χ2n) is 6.19. The Kier molecular flexibility index (Phi) is 4.86. The molecule has 0 amide bonds. The zero-order valence-electron chi connectivity index (χ0n) is 12.7. The van der Waals surface area contributed by atoms with Crippen LogP contribution >= 0.6 is 0 Å². The van der Waals surface area contributed by atoms with Crippen molar-refractivity contribution in [2.45, 2.75) is 39.2 Å². The predicted octanol–water partition coefficient (Wildman–Crippen LogP) is 2.60. The summed E-state index contributed by atoms with van der Waals surface area (Å²) in [6.45, 7) is 7.32. The van der Waals surface area contributed by atoms with Gasteiger partial charge in [0.2, 0.25) is 0 Å². The highest BCUT2D eigenvalue weighted by Crippen LogP contribution is 2.24. The van der Waals surface area contributed by atoms with E-state index in [0.717, 1.165) is 32.5 Å². The van der Waals surface area contributed by atoms with Crippen LogP contribution in [-0.2, 0) is 22.8 Å². The van der Waals surface area contributed by atoms with E-state index in [1.165, 1.54) is 22.9 Å². The molecule has 0 atom stereocenters. The molecule has 112 valence electrons. The number of nitrogens with zero attached hydrogens (tertiary/aromatic N) is 1. The third-order valence-corrected chi connectivity index (χ3v) is 5.01. The quantitative estimate of drug-likeness (QED) is 0.838. The van der Waals surface area contributed by atoms with Crippen LogP contribution in [0.2, 0.25) is 0 Å². The number of hydrogen-bond acceptors (Lipinski definition) is 3. The molecule has 1 aliphatic heterocycles. The van der Waals surface area contributed by atoms with E-state index < -0.39 is 9.84 Å². The van der Waals surface area contributed by atoms with Crippen molar-refractivity contribution in [3.63, 3.8) is 0 Å². The van der Waals surface area contributed by atoms with E-state index in [0.29, 0.717) is 11.7 Å². The molecule has 0 bridgehead atoms. The molecule has 0 spiro atoms. The number of sulfone groups is 1. The molecule has 1 heterocycles. The summed E-state index contributed by atoms with van der Waals surface area (Å²) in [7, 11) is -2.83. The van der Waals surface area contributed by atoms with Gasteiger partial charge in [-0.3, -0.25) is 4.90 Å². The molecule has 0 saturated heterocycles. The van der Waals surface area contributed by atoms with Gasteiger partial charge in [-0.2, -0.15) is 0 Å². The van der Waals surface area contributed by atoms with E-state index in [4.69, 9.17) is 0 Å². The minimum atomic E-state index is -2.83. The van der Waals surface area contributed by atoms with Gasteiger partial charge in [-0.05, 0) is 42.0 Å². The SMILES string of the molecule is CC(C)c1ccc2c(c1)CCN(CCCS(C)(=O)=O)C2. The molecule has 0 radical (unpaired) electrons. The van der Waals surface area contributed by atoms with Crippen LogP contribution in [0.1, 0.15) is 42.9 Å². The molecule has 0 N–H and O–H groups in total. The third kappa shape index (κ3) is 4.32. The largest absolute Gasteiger partial charge is 0.299 e. The van der Waals surface area contributed by atoms with E-state index in [1.54, 1.807) is 0 Å². The van der Waals surface area contributed by atoms with Crippen LogP contribution < -0.4 is 0 Å². The molecule has 1 aromatic carbocycles. The summed E-state index contributed by atoms with van der Waals surface area (Å²) in [5.74, 6) is 0.871. The van der Waals surface area contributed by atoms with Gasteiger partial charge in [0, 0.05) is 19.3 Å². The highest BCUT2D eigenvalue weighted by atomic mass is 32.2. The first-order valence-corrected chi connectivity index (χ1v) is 9.43. The van der Waals surface area contributed by atoms with Crippen LogP contribution in [0, 0.1) is 0 Å². The minimum absolute atomic E-state index is 0.294. The van der Waals surface area contributed by atoms with Gasteiger partial charge in [-0.1, -0.05) is 32.0 Å². The molecule has 1 aromatic rings. The van der Waals surface area contributed by atoms with Gasteiger partial charge < -0.3 is 0 Å². The smallest absolute Gasteiger partial charge is 0.147 e. The third-order valence-electron chi connectivity index (χ3n) is 3.98. The highest BCUT2D eigenvalue weighted by Gasteiger charge is 2.17. The van der Waals surface area contributed by atoms with Crippen molar-refractivity contribution < 1.29 is 8.42 Å². The molecule has 1 aliphatic rings. The Morgan fingerprint density at radius 1 is 1.25 bits per heavy atom. The van der Waals surface area contributed by atoms with Gasteiger partial charge in [-0.25, -0.2) is 8.42 Å². The van der Waals surface area contributed by atoms with Crippen LogP contribution in [0.15, 0.2) is 18.2 Å². The summed E-state index contributed by atoms with van der Waals surface area (Å²) >= 11 is 0. The molecular formula is C16H25NO2S. The molecule has 0 aliphatic carbocycles. The summed E-state index contributed by atoms with van der Waals surface area (Å²) in [5.41, 5.74) is 4.28. The lowest BCUT2D eigenvalue weighted by atomic mass is 9.93. The van der Waals surface area contributed by atoms with Gasteiger partial charge in [0.1, 0.15) is 9.84 Å². The second-order valence-corrected chi connectivity index (χ2v) is 8.45. The first-order valence-electron chi connectivity index (χ1n) is 7.37. The molecule has 0 saturated carbocycles. The van der Waals surface area contributed by atoms with Crippen LogP contribution in [0.4, 0.5) is 0 Å². The Hall–Kier alpha value is -0.870. The van der Waals surface area contributed by atoms with E-state index in [9.17, 15) is 8.42 Å². The Morgan fingerprint density at radius 2 is 2.00 bits per heavy atom. The maximum atomic E-state index is 11.2. The van der Waals surface area contributed by atoms with Crippen molar-refractivity contribution in [1.82, 2.24) is 4.90 Å². The van der Waals surface area contributed by atoms with Gasteiger partial charge in [-0.15, -0.1) is 0 Å². The lowest BCUT2D eigenvalue weighted by Crippen LogP contribution is -2.32. The Bertz CT molecular complexity index is 564. The molecule has 3 nitrogen and oxygen atoms in total. The fraction of sp³-hybridized carbons (Fsp3) is 0.625. The average Bonchev–Trinajstić information content (AvgIpc) is 2.36. The standard InChI is InChI=1S/C16H25NO2S/c1-13(2)14-5-6-16-12-17(9-7-15(16)11-14)8-4-10-20(3,18)19/h5-6,11,13H,4,7-10,12H2,1-3H3. The maximum absolute atomic E-state index is 11.2. The Morgan fingerprint density at radius 3 is 2.65 bits per heavy atom. The predicted molar refractivity (Wildman–Crippen MR) is 83.8 cm³/mol. The van der Waals surface area contributed by atoms with Crippen LogP contribution in [0.25, 0.3) is 0 Å². The lowest BCUT2D eigenvalue weighted by molar-refractivity contribution is 0.255. The van der Waals surface area contributed by atoms with Crippen LogP contribution in [0.3, 0.4) is 0 Å². The summed E-state index contributed by atoms with van der Waals surface area (Å²) in [5, 5.41) is 0. The number of rotatable bonds is 5. The number of benzene rings is 1. The highest BCUT2D eigenvalue weighted by molar-refractivity contribution is 7.90. The topological polar surface area (TPSA) is 37.4 Å². The van der Waals surface area contributed by atoms with Crippen LogP contribution in [0.5, 0.6) is 0 Å². The van der Waals surface area contributed by atoms with Crippen molar-refractivity contribution in [2.75, 3.05) is 25.1 Å². The summed E-state index contributed by atoms with van der Waals surface area (Å²) < 4.78 is 22.3. The molecule has 0 unspecified atom stereocenters. The van der Waals surface area contributed by atoms with Crippen LogP contribution in [-0.4, -0.2) is 38.4 Å². The number of hydrogen-bond donors (Lipinski definition) is 0. The normalized spacial score (nSPS) is 16.4. The fourth-order valence-corrected chi connectivity index (χ4v) is 3.39. The van der Waals surface area contributed by atoms with Gasteiger partial charge in [0.25, 0.3) is 0 Å².